The first-order valence-corrected chi connectivity index (χ1v) is 8.36. The molecule has 1 aliphatic heterocycles. The van der Waals surface area contributed by atoms with Gasteiger partial charge in [-0.1, -0.05) is 16.8 Å². The molecule has 0 bridgehead atoms. The summed E-state index contributed by atoms with van der Waals surface area (Å²) < 4.78 is 21.7. The Labute approximate surface area is 155 Å². The Kier molecular flexibility index (Phi) is 4.19. The molecule has 1 N–H and O–H groups in total. The van der Waals surface area contributed by atoms with E-state index in [2.05, 4.69) is 10.5 Å². The number of nitrogens with zero attached hydrogens (tertiary/aromatic N) is 1. The molecule has 2 aromatic carbocycles. The smallest absolute Gasteiger partial charge is 0.278 e. The van der Waals surface area contributed by atoms with Crippen LogP contribution in [0.3, 0.4) is 0 Å². The Morgan fingerprint density at radius 2 is 1.93 bits per heavy atom. The van der Waals surface area contributed by atoms with Crippen molar-refractivity contribution in [1.82, 2.24) is 5.16 Å². The van der Waals surface area contributed by atoms with E-state index in [1.807, 2.05) is 25.1 Å². The van der Waals surface area contributed by atoms with Crippen LogP contribution in [-0.2, 0) is 6.61 Å². The Morgan fingerprint density at radius 3 is 2.70 bits per heavy atom. The molecule has 1 amide bonds. The molecule has 138 valence electrons. The molecule has 0 spiro atoms. The Hall–Kier alpha value is -3.48. The Balaban J connectivity index is 1.63. The fraction of sp³-hybridized carbons (Fsp3) is 0.200. The number of carbonyl (C=O) groups excluding carboxylic acids is 1. The zero-order valence-corrected chi connectivity index (χ0v) is 15.2. The van der Waals surface area contributed by atoms with E-state index in [4.69, 9.17) is 18.7 Å². The summed E-state index contributed by atoms with van der Waals surface area (Å²) in [5.74, 6) is 2.00. The van der Waals surface area contributed by atoms with Gasteiger partial charge in [0.25, 0.3) is 5.91 Å². The molecule has 0 saturated carbocycles. The lowest BCUT2D eigenvalue weighted by molar-refractivity contribution is 0.101. The first kappa shape index (κ1) is 17.0. The number of hydrogen-bond donors (Lipinski definition) is 1. The molecule has 1 aromatic heterocycles. The fourth-order valence-corrected chi connectivity index (χ4v) is 3.03. The third-order valence-corrected chi connectivity index (χ3v) is 4.40. The average molecular weight is 366 g/mol. The van der Waals surface area contributed by atoms with Crippen molar-refractivity contribution in [3.05, 3.63) is 53.2 Å². The molecule has 7 nitrogen and oxygen atoms in total. The second-order valence-corrected chi connectivity index (χ2v) is 6.15. The molecule has 0 aliphatic carbocycles. The Bertz CT molecular complexity index is 1030. The Morgan fingerprint density at radius 1 is 1.11 bits per heavy atom. The number of aryl methyl sites for hydroxylation is 1. The topological polar surface area (TPSA) is 82.8 Å². The predicted octanol–water partition coefficient (Wildman–Crippen LogP) is 3.81. The second kappa shape index (κ2) is 6.68. The van der Waals surface area contributed by atoms with Crippen LogP contribution in [0.5, 0.6) is 17.2 Å². The first-order chi connectivity index (χ1) is 13.1. The van der Waals surface area contributed by atoms with Gasteiger partial charge >= 0.3 is 0 Å². The van der Waals surface area contributed by atoms with Gasteiger partial charge in [-0.15, -0.1) is 0 Å². The van der Waals surface area contributed by atoms with Crippen molar-refractivity contribution in [3.8, 4) is 28.6 Å². The monoisotopic (exact) mass is 366 g/mol. The van der Waals surface area contributed by atoms with Crippen molar-refractivity contribution in [3.63, 3.8) is 0 Å². The highest BCUT2D eigenvalue weighted by molar-refractivity contribution is 6.05. The number of benzene rings is 2. The maximum Gasteiger partial charge on any atom is 0.278 e. The summed E-state index contributed by atoms with van der Waals surface area (Å²) >= 11 is 0. The molecule has 0 fully saturated rings. The first-order valence-electron chi connectivity index (χ1n) is 8.36. The summed E-state index contributed by atoms with van der Waals surface area (Å²) in [6.07, 6.45) is 0. The van der Waals surface area contributed by atoms with Crippen molar-refractivity contribution in [2.24, 2.45) is 0 Å². The van der Waals surface area contributed by atoms with E-state index >= 15 is 0 Å². The van der Waals surface area contributed by atoms with Gasteiger partial charge < -0.3 is 24.1 Å². The van der Waals surface area contributed by atoms with E-state index in [1.165, 1.54) is 7.11 Å². The van der Waals surface area contributed by atoms with Gasteiger partial charge in [0.1, 0.15) is 12.4 Å². The quantitative estimate of drug-likeness (QED) is 0.756. The molecule has 0 radical (unpaired) electrons. The highest BCUT2D eigenvalue weighted by atomic mass is 16.5. The van der Waals surface area contributed by atoms with Crippen molar-refractivity contribution < 1.29 is 23.5 Å². The number of methoxy groups -OCH3 is 2. The number of aromatic nitrogens is 1. The lowest BCUT2D eigenvalue weighted by atomic mass is 10.0. The van der Waals surface area contributed by atoms with Crippen molar-refractivity contribution in [1.29, 1.82) is 0 Å². The number of amides is 1. The van der Waals surface area contributed by atoms with Crippen molar-refractivity contribution in [2.45, 2.75) is 13.5 Å². The lowest BCUT2D eigenvalue weighted by Crippen LogP contribution is -2.16. The largest absolute Gasteiger partial charge is 0.493 e. The normalized spacial score (nSPS) is 11.8. The summed E-state index contributed by atoms with van der Waals surface area (Å²) in [6.45, 7) is 2.21. The minimum atomic E-state index is -0.382. The van der Waals surface area contributed by atoms with Gasteiger partial charge in [-0.3, -0.25) is 4.79 Å². The van der Waals surface area contributed by atoms with Crippen LogP contribution in [0.15, 0.2) is 40.9 Å². The number of rotatable bonds is 4. The van der Waals surface area contributed by atoms with Crippen molar-refractivity contribution in [2.75, 3.05) is 19.5 Å². The molecule has 0 saturated heterocycles. The molecule has 0 atom stereocenters. The summed E-state index contributed by atoms with van der Waals surface area (Å²) in [4.78, 5) is 12.7. The molecule has 3 aromatic rings. The summed E-state index contributed by atoms with van der Waals surface area (Å²) in [5.41, 5.74) is 3.26. The van der Waals surface area contributed by atoms with E-state index < -0.39 is 0 Å². The van der Waals surface area contributed by atoms with Crippen LogP contribution in [0, 0.1) is 6.92 Å². The van der Waals surface area contributed by atoms with E-state index in [0.29, 0.717) is 28.5 Å². The van der Waals surface area contributed by atoms with E-state index in [0.717, 1.165) is 16.9 Å². The molecule has 2 heterocycles. The van der Waals surface area contributed by atoms with Crippen LogP contribution < -0.4 is 19.5 Å². The minimum absolute atomic E-state index is 0.201. The second-order valence-electron chi connectivity index (χ2n) is 6.15. The van der Waals surface area contributed by atoms with Crippen LogP contribution in [-0.4, -0.2) is 25.3 Å². The van der Waals surface area contributed by atoms with Crippen LogP contribution in [0.4, 0.5) is 5.69 Å². The summed E-state index contributed by atoms with van der Waals surface area (Å²) in [6, 6.07) is 10.9. The summed E-state index contributed by atoms with van der Waals surface area (Å²) in [5, 5.41) is 6.78. The van der Waals surface area contributed by atoms with Crippen LogP contribution in [0.25, 0.3) is 11.3 Å². The van der Waals surface area contributed by atoms with Crippen LogP contribution in [0.1, 0.15) is 21.6 Å². The number of fused-ring (bicyclic) bond motifs is 3. The van der Waals surface area contributed by atoms with E-state index in [-0.39, 0.29) is 18.2 Å². The maximum atomic E-state index is 12.7. The highest BCUT2D eigenvalue weighted by Gasteiger charge is 2.29. The van der Waals surface area contributed by atoms with E-state index in [9.17, 15) is 4.79 Å². The van der Waals surface area contributed by atoms with Gasteiger partial charge in [0.15, 0.2) is 23.0 Å². The average Bonchev–Trinajstić information content (AvgIpc) is 3.12. The fourth-order valence-electron chi connectivity index (χ4n) is 3.03. The molecule has 27 heavy (non-hydrogen) atoms. The third-order valence-electron chi connectivity index (χ3n) is 4.40. The van der Waals surface area contributed by atoms with Crippen LogP contribution in [0.2, 0.25) is 0 Å². The predicted molar refractivity (Wildman–Crippen MR) is 98.5 cm³/mol. The maximum absolute atomic E-state index is 12.7. The molecule has 4 rings (SSSR count). The van der Waals surface area contributed by atoms with E-state index in [1.54, 1.807) is 25.3 Å². The minimum Gasteiger partial charge on any atom is -0.493 e. The van der Waals surface area contributed by atoms with Crippen molar-refractivity contribution >= 4 is 11.6 Å². The van der Waals surface area contributed by atoms with Crippen LogP contribution >= 0.6 is 0 Å². The third kappa shape index (κ3) is 2.97. The molecular formula is C20H18N2O5. The molecule has 1 aliphatic rings. The molecular weight excluding hydrogens is 348 g/mol. The van der Waals surface area contributed by atoms with Gasteiger partial charge in [-0.05, 0) is 31.2 Å². The lowest BCUT2D eigenvalue weighted by Gasteiger charge is -2.16. The van der Waals surface area contributed by atoms with Gasteiger partial charge in [-0.2, -0.15) is 0 Å². The molecule has 7 heteroatoms. The number of hydrogen-bond acceptors (Lipinski definition) is 6. The van der Waals surface area contributed by atoms with Gasteiger partial charge in [-0.25, -0.2) is 0 Å². The molecule has 0 unspecified atom stereocenters. The van der Waals surface area contributed by atoms with Gasteiger partial charge in [0.2, 0.25) is 0 Å². The standard InChI is InChI=1S/C20H18N2O5/c1-11-4-6-15-13(8-11)19-14(10-26-15)18(22-27-19)20(23)21-12-5-7-16(24-2)17(9-12)25-3/h4-9H,10H2,1-3H3,(H,21,23). The zero-order chi connectivity index (χ0) is 19.0. The zero-order valence-electron chi connectivity index (χ0n) is 15.2. The number of nitrogens with one attached hydrogen (secondary N) is 1. The van der Waals surface area contributed by atoms with Gasteiger partial charge in [0, 0.05) is 11.8 Å². The summed E-state index contributed by atoms with van der Waals surface area (Å²) in [7, 11) is 3.09. The number of ether oxygens (including phenoxy) is 3. The SMILES string of the molecule is COc1ccc(NC(=O)c2noc3c2COc2ccc(C)cc2-3)cc1OC. The van der Waals surface area contributed by atoms with Gasteiger partial charge in [0.05, 0.1) is 25.3 Å². The number of anilines is 1. The number of carbonyl (C=O) groups is 1. The highest BCUT2D eigenvalue weighted by Crippen LogP contribution is 2.39.